The molecule has 2 aliphatic carbocycles. The van der Waals surface area contributed by atoms with Gasteiger partial charge in [0.2, 0.25) is 11.8 Å². The number of hydrogen-bond acceptors (Lipinski definition) is 9. The number of nitrogens with one attached hydrogen (secondary N) is 4. The zero-order chi connectivity index (χ0) is 37.8. The van der Waals surface area contributed by atoms with E-state index in [-0.39, 0.29) is 31.9 Å². The summed E-state index contributed by atoms with van der Waals surface area (Å²) >= 11 is 0. The van der Waals surface area contributed by atoms with Crippen molar-refractivity contribution in [3.05, 3.63) is 78.4 Å². The normalized spacial score (nSPS) is 25.1. The molecule has 278 valence electrons. The van der Waals surface area contributed by atoms with Crippen molar-refractivity contribution in [1.82, 2.24) is 20.9 Å². The van der Waals surface area contributed by atoms with Crippen LogP contribution >= 0.6 is 0 Å². The molecule has 5 amide bonds. The van der Waals surface area contributed by atoms with Crippen molar-refractivity contribution in [3.8, 4) is 0 Å². The zero-order valence-electron chi connectivity index (χ0n) is 30.1. The molecule has 2 aromatic rings. The van der Waals surface area contributed by atoms with E-state index in [1.807, 2.05) is 24.3 Å². The minimum atomic E-state index is -1.33. The largest absolute Gasteiger partial charge is 0.464 e. The fraction of sp³-hybridized carbons (Fsp3) is 0.474. The first-order valence-corrected chi connectivity index (χ1v) is 17.4. The number of carbonyl (C=O) groups excluding carboxylic acids is 6. The number of hydrogen-bond donors (Lipinski definition) is 4. The summed E-state index contributed by atoms with van der Waals surface area (Å²) in [7, 11) is 0. The van der Waals surface area contributed by atoms with Gasteiger partial charge in [0.25, 0.3) is 0 Å². The lowest BCUT2D eigenvalue weighted by atomic mass is 9.86. The van der Waals surface area contributed by atoms with Gasteiger partial charge in [-0.15, -0.1) is 6.58 Å². The van der Waals surface area contributed by atoms with E-state index in [2.05, 4.69) is 27.8 Å². The summed E-state index contributed by atoms with van der Waals surface area (Å²) in [6.07, 6.45) is -0.136. The Hall–Kier alpha value is -5.40. The quantitative estimate of drug-likeness (QED) is 0.153. The molecule has 7 atom stereocenters. The second kappa shape index (κ2) is 15.5. The molecular formula is C38H47N5O9. The number of benzene rings is 2. The van der Waals surface area contributed by atoms with Crippen LogP contribution in [-0.4, -0.2) is 83.8 Å². The van der Waals surface area contributed by atoms with Gasteiger partial charge in [-0.2, -0.15) is 0 Å². The summed E-state index contributed by atoms with van der Waals surface area (Å²) in [4.78, 5) is 81.1. The van der Waals surface area contributed by atoms with Crippen LogP contribution in [0.25, 0.3) is 0 Å². The van der Waals surface area contributed by atoms with Crippen LogP contribution in [0.3, 0.4) is 0 Å². The molecule has 0 aromatic heterocycles. The van der Waals surface area contributed by atoms with Crippen LogP contribution in [-0.2, 0) is 39.8 Å². The van der Waals surface area contributed by atoms with E-state index in [4.69, 9.17) is 14.2 Å². The maximum absolute atomic E-state index is 14.1. The summed E-state index contributed by atoms with van der Waals surface area (Å²) in [5.74, 6) is -2.63. The van der Waals surface area contributed by atoms with Gasteiger partial charge in [-0.05, 0) is 42.0 Å². The van der Waals surface area contributed by atoms with E-state index < -0.39 is 77.2 Å². The molecule has 1 saturated carbocycles. The summed E-state index contributed by atoms with van der Waals surface area (Å²) in [6, 6.07) is 12.4. The SMILES string of the molecule is C=C[C@@H]1C[C@]1(NC(=O)[C@@H]1C[C@@H](OC(=O)Nc2ccccc2)CN1C(=O)N[C@H](C(=O)N[C@H]1c2ccccc2C[C@H]1OC(C)=O)C(C)(C)C)C(=O)OCC. The standard InChI is InChI=1S/C38H47N5O9/c1-7-24-20-38(24,34(47)50-8-2)42-32(45)28-19-26(52-36(49)39-25-15-10-9-11-16-25)21-43(28)35(48)41-31(37(4,5)6)33(46)40-30-27-17-13-12-14-23(27)18-29(30)51-22(3)44/h7,9-17,24,26,28-31H,1,8,18-21H2,2-6H3,(H,39,49)(H,40,46)(H,41,48)(H,42,45)/t24-,26-,28+,29-,30+,31-,38-/m1/s1. The van der Waals surface area contributed by atoms with Crippen LogP contribution < -0.4 is 21.3 Å². The highest BCUT2D eigenvalue weighted by atomic mass is 16.6. The van der Waals surface area contributed by atoms with Gasteiger partial charge in [-0.1, -0.05) is 69.3 Å². The molecule has 0 unspecified atom stereocenters. The smallest absolute Gasteiger partial charge is 0.411 e. The maximum atomic E-state index is 14.1. The number of fused-ring (bicyclic) bond motifs is 1. The van der Waals surface area contributed by atoms with Crippen LogP contribution in [0, 0.1) is 11.3 Å². The average Bonchev–Trinajstić information content (AvgIpc) is 3.47. The van der Waals surface area contributed by atoms with Crippen molar-refractivity contribution >= 4 is 41.6 Å². The Bertz CT molecular complexity index is 1710. The van der Waals surface area contributed by atoms with Crippen molar-refractivity contribution in [1.29, 1.82) is 0 Å². The summed E-state index contributed by atoms with van der Waals surface area (Å²) in [5.41, 5.74) is 0.0783. The predicted octanol–water partition coefficient (Wildman–Crippen LogP) is 3.77. The van der Waals surface area contributed by atoms with Crippen LogP contribution in [0.4, 0.5) is 15.3 Å². The highest BCUT2D eigenvalue weighted by molar-refractivity contribution is 5.96. The second-order valence-electron chi connectivity index (χ2n) is 14.4. The first-order chi connectivity index (χ1) is 24.7. The number of carbonyl (C=O) groups is 6. The minimum absolute atomic E-state index is 0.0750. The van der Waals surface area contributed by atoms with Gasteiger partial charge in [0.05, 0.1) is 19.2 Å². The van der Waals surface area contributed by atoms with Gasteiger partial charge in [0.1, 0.15) is 29.8 Å². The molecule has 5 rings (SSSR count). The van der Waals surface area contributed by atoms with E-state index in [1.54, 1.807) is 64.1 Å². The molecule has 2 aromatic carbocycles. The minimum Gasteiger partial charge on any atom is -0.464 e. The van der Waals surface area contributed by atoms with E-state index >= 15 is 0 Å². The Kier molecular flexibility index (Phi) is 11.3. The molecule has 0 radical (unpaired) electrons. The van der Waals surface area contributed by atoms with Gasteiger partial charge < -0.3 is 35.1 Å². The number of rotatable bonds is 11. The lowest BCUT2D eigenvalue weighted by Gasteiger charge is -2.34. The molecule has 2 fully saturated rings. The summed E-state index contributed by atoms with van der Waals surface area (Å²) in [5, 5.41) is 11.2. The van der Waals surface area contributed by atoms with Crippen molar-refractivity contribution in [2.75, 3.05) is 18.5 Å². The first-order valence-electron chi connectivity index (χ1n) is 17.4. The number of esters is 2. The molecule has 0 bridgehead atoms. The number of nitrogens with zero attached hydrogens (tertiary/aromatic N) is 1. The Balaban J connectivity index is 1.36. The van der Waals surface area contributed by atoms with E-state index in [0.29, 0.717) is 12.1 Å². The monoisotopic (exact) mass is 717 g/mol. The Morgan fingerprint density at radius 3 is 2.35 bits per heavy atom. The van der Waals surface area contributed by atoms with Gasteiger partial charge in [0.15, 0.2) is 0 Å². The Labute approximate surface area is 303 Å². The highest BCUT2D eigenvalue weighted by Gasteiger charge is 2.62. The molecule has 1 aliphatic heterocycles. The number of ether oxygens (including phenoxy) is 3. The number of anilines is 1. The van der Waals surface area contributed by atoms with Gasteiger partial charge >= 0.3 is 24.1 Å². The van der Waals surface area contributed by atoms with E-state index in [1.165, 1.54) is 11.8 Å². The molecule has 0 spiro atoms. The molecule has 4 N–H and O–H groups in total. The topological polar surface area (TPSA) is 181 Å². The number of urea groups is 1. The van der Waals surface area contributed by atoms with Gasteiger partial charge in [0, 0.05) is 31.4 Å². The fourth-order valence-corrected chi connectivity index (χ4v) is 6.91. The van der Waals surface area contributed by atoms with E-state index in [0.717, 1.165) is 11.1 Å². The molecule has 14 heteroatoms. The average molecular weight is 718 g/mol. The van der Waals surface area contributed by atoms with E-state index in [9.17, 15) is 28.8 Å². The van der Waals surface area contributed by atoms with Crippen LogP contribution in [0.1, 0.15) is 64.6 Å². The fourth-order valence-electron chi connectivity index (χ4n) is 6.91. The van der Waals surface area contributed by atoms with Crippen molar-refractivity contribution in [3.63, 3.8) is 0 Å². The number of amides is 5. The third-order valence-electron chi connectivity index (χ3n) is 9.60. The summed E-state index contributed by atoms with van der Waals surface area (Å²) in [6.45, 7) is 12.0. The van der Waals surface area contributed by atoms with Gasteiger partial charge in [-0.3, -0.25) is 19.7 Å². The van der Waals surface area contributed by atoms with Crippen molar-refractivity contribution in [2.24, 2.45) is 11.3 Å². The van der Waals surface area contributed by atoms with Crippen LogP contribution in [0.15, 0.2) is 67.3 Å². The molecular weight excluding hydrogens is 670 g/mol. The maximum Gasteiger partial charge on any atom is 0.411 e. The van der Waals surface area contributed by atoms with Crippen LogP contribution in [0.2, 0.25) is 0 Å². The predicted molar refractivity (Wildman–Crippen MR) is 190 cm³/mol. The second-order valence-corrected chi connectivity index (χ2v) is 14.4. The Morgan fingerprint density at radius 1 is 1.02 bits per heavy atom. The molecule has 3 aliphatic rings. The van der Waals surface area contributed by atoms with Crippen LogP contribution in [0.5, 0.6) is 0 Å². The lowest BCUT2D eigenvalue weighted by molar-refractivity contribution is -0.149. The number of para-hydroxylation sites is 1. The molecule has 1 heterocycles. The molecule has 1 saturated heterocycles. The Morgan fingerprint density at radius 2 is 1.71 bits per heavy atom. The van der Waals surface area contributed by atoms with Crippen molar-refractivity contribution in [2.45, 2.75) is 89.8 Å². The highest BCUT2D eigenvalue weighted by Crippen LogP contribution is 2.45. The first kappa shape index (κ1) is 37.8. The summed E-state index contributed by atoms with van der Waals surface area (Å²) < 4.78 is 16.5. The zero-order valence-corrected chi connectivity index (χ0v) is 30.1. The third kappa shape index (κ3) is 8.38. The molecule has 52 heavy (non-hydrogen) atoms. The van der Waals surface area contributed by atoms with Gasteiger partial charge in [-0.25, -0.2) is 14.4 Å². The third-order valence-corrected chi connectivity index (χ3v) is 9.60. The lowest BCUT2D eigenvalue weighted by Crippen LogP contribution is -2.60. The molecule has 14 nitrogen and oxygen atoms in total. The van der Waals surface area contributed by atoms with Crippen molar-refractivity contribution < 1.29 is 43.0 Å². The number of likely N-dealkylation sites (tertiary alicyclic amines) is 1.